The number of esters is 1. The predicted molar refractivity (Wildman–Crippen MR) is 82.1 cm³/mol. The van der Waals surface area contributed by atoms with Gasteiger partial charge in [-0.15, -0.1) is 6.58 Å². The van der Waals surface area contributed by atoms with Crippen molar-refractivity contribution < 1.29 is 9.53 Å². The number of hydrogen-bond donors (Lipinski definition) is 0. The van der Waals surface area contributed by atoms with Gasteiger partial charge in [0.25, 0.3) is 0 Å². The molecule has 0 aromatic heterocycles. The molecular weight excluding hydrogens is 236 g/mol. The molecule has 0 atom stereocenters. The first-order valence-electron chi connectivity index (χ1n) is 7.72. The summed E-state index contributed by atoms with van der Waals surface area (Å²) in [5, 5.41) is 0. The lowest BCUT2D eigenvalue weighted by Crippen LogP contribution is -2.05. The lowest BCUT2D eigenvalue weighted by atomic mass is 10.1. The highest BCUT2D eigenvalue weighted by Gasteiger charge is 2.00. The Balaban J connectivity index is 3.26. The Kier molecular flexibility index (Phi) is 14.2. The molecule has 0 rings (SSSR count). The number of carbonyl (C=O) groups is 1. The first-order valence-corrected chi connectivity index (χ1v) is 7.72. The molecule has 0 aliphatic heterocycles. The van der Waals surface area contributed by atoms with Crippen LogP contribution in [0, 0.1) is 0 Å². The van der Waals surface area contributed by atoms with Crippen molar-refractivity contribution in [3.8, 4) is 0 Å². The van der Waals surface area contributed by atoms with E-state index in [0.717, 1.165) is 32.1 Å². The monoisotopic (exact) mass is 266 g/mol. The Labute approximate surface area is 118 Å². The van der Waals surface area contributed by atoms with Crippen LogP contribution in [-0.4, -0.2) is 12.6 Å². The molecule has 0 saturated carbocycles. The summed E-state index contributed by atoms with van der Waals surface area (Å²) >= 11 is 0. The molecule has 2 nitrogen and oxygen atoms in total. The third-order valence-corrected chi connectivity index (χ3v) is 2.96. The minimum Gasteiger partial charge on any atom is -0.466 e. The lowest BCUT2D eigenvalue weighted by Gasteiger charge is -2.03. The zero-order valence-electron chi connectivity index (χ0n) is 12.5. The molecule has 19 heavy (non-hydrogen) atoms. The summed E-state index contributed by atoms with van der Waals surface area (Å²) in [5.74, 6) is -0.0574. The molecular formula is C17H30O2. The number of rotatable bonds is 13. The molecule has 0 unspecified atom stereocenters. The van der Waals surface area contributed by atoms with Crippen molar-refractivity contribution in [1.29, 1.82) is 0 Å². The molecule has 110 valence electrons. The summed E-state index contributed by atoms with van der Waals surface area (Å²) < 4.78 is 5.15. The Bertz CT molecular complexity index is 244. The molecule has 0 fully saturated rings. The van der Waals surface area contributed by atoms with Gasteiger partial charge in [0.15, 0.2) is 0 Å². The Morgan fingerprint density at radius 2 is 1.68 bits per heavy atom. The van der Waals surface area contributed by atoms with Crippen LogP contribution in [0.5, 0.6) is 0 Å². The molecule has 0 radical (unpaired) electrons. The van der Waals surface area contributed by atoms with Crippen LogP contribution in [0.1, 0.15) is 71.1 Å². The summed E-state index contributed by atoms with van der Waals surface area (Å²) in [6.45, 7) is 6.43. The predicted octanol–water partition coefficient (Wildman–Crippen LogP) is 5.19. The van der Waals surface area contributed by atoms with Gasteiger partial charge in [0, 0.05) is 6.42 Å². The van der Waals surface area contributed by atoms with Crippen molar-refractivity contribution in [3.05, 3.63) is 24.8 Å². The smallest absolute Gasteiger partial charge is 0.305 e. The Hall–Kier alpha value is -1.05. The van der Waals surface area contributed by atoms with Gasteiger partial charge in [0.05, 0.1) is 6.61 Å². The maximum atomic E-state index is 11.4. The molecule has 0 bridgehead atoms. The van der Waals surface area contributed by atoms with Crippen LogP contribution < -0.4 is 0 Å². The number of unbranched alkanes of at least 4 members (excludes halogenated alkanes) is 6. The molecule has 0 aliphatic rings. The van der Waals surface area contributed by atoms with Crippen LogP contribution in [0.25, 0.3) is 0 Å². The van der Waals surface area contributed by atoms with E-state index in [1.165, 1.54) is 25.7 Å². The second-order valence-electron chi connectivity index (χ2n) is 4.86. The zero-order chi connectivity index (χ0) is 14.2. The largest absolute Gasteiger partial charge is 0.466 e. The minimum atomic E-state index is -0.0574. The van der Waals surface area contributed by atoms with E-state index in [2.05, 4.69) is 25.7 Å². The van der Waals surface area contributed by atoms with Gasteiger partial charge in [-0.3, -0.25) is 4.79 Å². The standard InChI is InChI=1S/C17H30O2/c1-3-5-7-9-10-11-12-13-15-17(18)19-16-14-8-6-4-2/h4,10-11H,2-3,5-9,12-16H2,1H3/b11-10+. The highest BCUT2D eigenvalue weighted by Crippen LogP contribution is 2.04. The van der Waals surface area contributed by atoms with Crippen molar-refractivity contribution >= 4 is 5.97 Å². The first-order chi connectivity index (χ1) is 9.31. The van der Waals surface area contributed by atoms with E-state index in [0.29, 0.717) is 13.0 Å². The van der Waals surface area contributed by atoms with Gasteiger partial charge in [-0.2, -0.15) is 0 Å². The molecule has 0 saturated heterocycles. The van der Waals surface area contributed by atoms with Crippen LogP contribution in [-0.2, 0) is 9.53 Å². The van der Waals surface area contributed by atoms with E-state index in [-0.39, 0.29) is 5.97 Å². The first kappa shape index (κ1) is 17.9. The van der Waals surface area contributed by atoms with Crippen LogP contribution >= 0.6 is 0 Å². The van der Waals surface area contributed by atoms with E-state index in [1.54, 1.807) is 0 Å². The van der Waals surface area contributed by atoms with Crippen LogP contribution in [0.4, 0.5) is 0 Å². The molecule has 0 heterocycles. The van der Waals surface area contributed by atoms with Crippen molar-refractivity contribution in [2.75, 3.05) is 6.61 Å². The topological polar surface area (TPSA) is 26.3 Å². The SMILES string of the molecule is C=CCCCCOC(=O)CCC/C=C/CCCCC. The lowest BCUT2D eigenvalue weighted by molar-refractivity contribution is -0.143. The summed E-state index contributed by atoms with van der Waals surface area (Å²) in [6, 6.07) is 0. The van der Waals surface area contributed by atoms with Crippen molar-refractivity contribution in [1.82, 2.24) is 0 Å². The fourth-order valence-corrected chi connectivity index (χ4v) is 1.76. The van der Waals surface area contributed by atoms with Gasteiger partial charge >= 0.3 is 5.97 Å². The van der Waals surface area contributed by atoms with Crippen LogP contribution in [0.3, 0.4) is 0 Å². The van der Waals surface area contributed by atoms with E-state index >= 15 is 0 Å². The van der Waals surface area contributed by atoms with Gasteiger partial charge in [-0.25, -0.2) is 0 Å². The van der Waals surface area contributed by atoms with Gasteiger partial charge in [-0.05, 0) is 44.9 Å². The third kappa shape index (κ3) is 14.9. The Morgan fingerprint density at radius 3 is 2.37 bits per heavy atom. The number of hydrogen-bond acceptors (Lipinski definition) is 2. The number of carbonyl (C=O) groups excluding carboxylic acids is 1. The van der Waals surface area contributed by atoms with Crippen molar-refractivity contribution in [3.63, 3.8) is 0 Å². The minimum absolute atomic E-state index is 0.0574. The second kappa shape index (κ2) is 15.0. The van der Waals surface area contributed by atoms with Gasteiger partial charge in [-0.1, -0.05) is 38.0 Å². The van der Waals surface area contributed by atoms with Crippen molar-refractivity contribution in [2.45, 2.75) is 71.1 Å². The maximum absolute atomic E-state index is 11.4. The van der Waals surface area contributed by atoms with Crippen LogP contribution in [0.15, 0.2) is 24.8 Å². The molecule has 0 amide bonds. The van der Waals surface area contributed by atoms with E-state index in [9.17, 15) is 4.79 Å². The van der Waals surface area contributed by atoms with E-state index in [1.807, 2.05) is 6.08 Å². The molecule has 2 heteroatoms. The summed E-state index contributed by atoms with van der Waals surface area (Å²) in [7, 11) is 0. The van der Waals surface area contributed by atoms with Gasteiger partial charge in [0.1, 0.15) is 0 Å². The molecule has 0 aliphatic carbocycles. The fourth-order valence-electron chi connectivity index (χ4n) is 1.76. The second-order valence-corrected chi connectivity index (χ2v) is 4.86. The molecule has 0 spiro atoms. The zero-order valence-corrected chi connectivity index (χ0v) is 12.5. The normalized spacial score (nSPS) is 10.8. The van der Waals surface area contributed by atoms with E-state index in [4.69, 9.17) is 4.74 Å². The average molecular weight is 266 g/mol. The molecule has 0 aromatic carbocycles. The third-order valence-electron chi connectivity index (χ3n) is 2.96. The summed E-state index contributed by atoms with van der Waals surface area (Å²) in [5.41, 5.74) is 0. The highest BCUT2D eigenvalue weighted by atomic mass is 16.5. The van der Waals surface area contributed by atoms with Crippen LogP contribution in [0.2, 0.25) is 0 Å². The van der Waals surface area contributed by atoms with Gasteiger partial charge in [0.2, 0.25) is 0 Å². The number of allylic oxidation sites excluding steroid dienone is 3. The molecule has 0 aromatic rings. The number of ether oxygens (including phenoxy) is 1. The maximum Gasteiger partial charge on any atom is 0.305 e. The highest BCUT2D eigenvalue weighted by molar-refractivity contribution is 5.69. The average Bonchev–Trinajstić information content (AvgIpc) is 2.41. The fraction of sp³-hybridized carbons (Fsp3) is 0.706. The summed E-state index contributed by atoms with van der Waals surface area (Å²) in [6.07, 6.45) is 16.8. The Morgan fingerprint density at radius 1 is 1.00 bits per heavy atom. The van der Waals surface area contributed by atoms with Crippen molar-refractivity contribution in [2.24, 2.45) is 0 Å². The molecule has 0 N–H and O–H groups in total. The quantitative estimate of drug-likeness (QED) is 0.260. The van der Waals surface area contributed by atoms with E-state index < -0.39 is 0 Å². The van der Waals surface area contributed by atoms with Gasteiger partial charge < -0.3 is 4.74 Å². The summed E-state index contributed by atoms with van der Waals surface area (Å²) in [4.78, 5) is 11.4.